The summed E-state index contributed by atoms with van der Waals surface area (Å²) < 4.78 is 0. The fourth-order valence-corrected chi connectivity index (χ4v) is 1.74. The third-order valence-electron chi connectivity index (χ3n) is 2.53. The molecule has 6 heteroatoms. The van der Waals surface area contributed by atoms with E-state index in [9.17, 15) is 24.8 Å². The van der Waals surface area contributed by atoms with Crippen molar-refractivity contribution in [3.63, 3.8) is 0 Å². The zero-order valence-corrected chi connectivity index (χ0v) is 8.76. The van der Waals surface area contributed by atoms with Gasteiger partial charge in [-0.2, -0.15) is 0 Å². The predicted octanol–water partition coefficient (Wildman–Crippen LogP) is 1.65. The van der Waals surface area contributed by atoms with Crippen LogP contribution in [-0.2, 0) is 4.79 Å². The van der Waals surface area contributed by atoms with Crippen molar-refractivity contribution < 1.29 is 19.6 Å². The molecule has 1 N–H and O–H groups in total. The summed E-state index contributed by atoms with van der Waals surface area (Å²) in [6, 6.07) is 3.48. The van der Waals surface area contributed by atoms with Crippen molar-refractivity contribution in [2.75, 3.05) is 0 Å². The molecule has 1 aliphatic rings. The molecule has 0 spiro atoms. The molecule has 0 unspecified atom stereocenters. The number of carbonyl (C=O) groups excluding carboxylic acids is 2. The number of aliphatic hydroxyl groups excluding tert-OH is 1. The van der Waals surface area contributed by atoms with E-state index in [1.54, 1.807) is 0 Å². The topological polar surface area (TPSA) is 97.5 Å². The van der Waals surface area contributed by atoms with E-state index in [-0.39, 0.29) is 22.4 Å². The van der Waals surface area contributed by atoms with Crippen molar-refractivity contribution in [2.45, 2.75) is 6.92 Å². The average Bonchev–Trinajstić information content (AvgIpc) is 2.51. The van der Waals surface area contributed by atoms with Crippen LogP contribution in [-0.4, -0.2) is 21.6 Å². The first-order chi connectivity index (χ1) is 7.93. The fourth-order valence-electron chi connectivity index (χ4n) is 1.74. The molecule has 0 bridgehead atoms. The highest BCUT2D eigenvalue weighted by Gasteiger charge is 2.33. The molecule has 17 heavy (non-hydrogen) atoms. The molecule has 0 amide bonds. The second-order valence-electron chi connectivity index (χ2n) is 3.60. The Hall–Kier alpha value is -2.50. The number of aliphatic hydroxyl groups is 1. The Bertz CT molecular complexity index is 600. The summed E-state index contributed by atoms with van der Waals surface area (Å²) in [5, 5.41) is 20.3. The minimum atomic E-state index is -0.635. The van der Waals surface area contributed by atoms with Gasteiger partial charge in [-0.3, -0.25) is 19.7 Å². The number of nitrogens with zero attached hydrogens (tertiary/aromatic N) is 1. The van der Waals surface area contributed by atoms with Crippen LogP contribution >= 0.6 is 0 Å². The van der Waals surface area contributed by atoms with Gasteiger partial charge in [-0.25, -0.2) is 0 Å². The van der Waals surface area contributed by atoms with Crippen molar-refractivity contribution in [2.24, 2.45) is 0 Å². The lowest BCUT2D eigenvalue weighted by molar-refractivity contribution is -0.384. The summed E-state index contributed by atoms with van der Waals surface area (Å²) in [6.45, 7) is 1.16. The average molecular weight is 233 g/mol. The Kier molecular flexibility index (Phi) is 2.27. The van der Waals surface area contributed by atoms with Crippen LogP contribution in [0.4, 0.5) is 5.69 Å². The lowest BCUT2D eigenvalue weighted by Crippen LogP contribution is -2.06. The molecule has 0 fully saturated rings. The Morgan fingerprint density at radius 3 is 2.53 bits per heavy atom. The second-order valence-corrected chi connectivity index (χ2v) is 3.60. The molecule has 0 saturated heterocycles. The van der Waals surface area contributed by atoms with E-state index < -0.39 is 22.2 Å². The monoisotopic (exact) mass is 233 g/mol. The van der Waals surface area contributed by atoms with Gasteiger partial charge >= 0.3 is 0 Å². The van der Waals surface area contributed by atoms with Gasteiger partial charge in [-0.15, -0.1) is 0 Å². The molecule has 6 nitrogen and oxygen atoms in total. The fraction of sp³-hybridized carbons (Fsp3) is 0.0909. The normalized spacial score (nSPS) is 13.8. The lowest BCUT2D eigenvalue weighted by Gasteiger charge is -1.97. The van der Waals surface area contributed by atoms with Crippen LogP contribution in [0.1, 0.15) is 22.8 Å². The van der Waals surface area contributed by atoms with Crippen LogP contribution in [0.2, 0.25) is 0 Å². The minimum Gasteiger partial charge on any atom is -0.506 e. The van der Waals surface area contributed by atoms with Gasteiger partial charge in [0.1, 0.15) is 11.3 Å². The quantitative estimate of drug-likeness (QED) is 0.475. The van der Waals surface area contributed by atoms with Crippen molar-refractivity contribution in [3.8, 4) is 0 Å². The zero-order valence-electron chi connectivity index (χ0n) is 8.76. The van der Waals surface area contributed by atoms with Crippen molar-refractivity contribution in [1.82, 2.24) is 0 Å². The Labute approximate surface area is 95.3 Å². The lowest BCUT2D eigenvalue weighted by atomic mass is 10.1. The van der Waals surface area contributed by atoms with Crippen LogP contribution in [0.25, 0.3) is 5.76 Å². The van der Waals surface area contributed by atoms with E-state index in [4.69, 9.17) is 0 Å². The van der Waals surface area contributed by atoms with Gasteiger partial charge in [0.2, 0.25) is 5.78 Å². The second kappa shape index (κ2) is 3.51. The van der Waals surface area contributed by atoms with E-state index in [1.165, 1.54) is 6.07 Å². The van der Waals surface area contributed by atoms with E-state index in [0.717, 1.165) is 19.1 Å². The minimum absolute atomic E-state index is 0.0365. The van der Waals surface area contributed by atoms with Crippen LogP contribution in [0.3, 0.4) is 0 Å². The number of nitro groups is 1. The molecule has 0 atom stereocenters. The Morgan fingerprint density at radius 2 is 2.00 bits per heavy atom. The summed E-state index contributed by atoms with van der Waals surface area (Å²) in [6.07, 6.45) is 0. The largest absolute Gasteiger partial charge is 0.506 e. The first-order valence-electron chi connectivity index (χ1n) is 4.71. The predicted molar refractivity (Wildman–Crippen MR) is 57.7 cm³/mol. The number of benzene rings is 1. The van der Waals surface area contributed by atoms with Gasteiger partial charge in [0, 0.05) is 23.3 Å². The maximum absolute atomic E-state index is 11.7. The number of hydrogen-bond donors (Lipinski definition) is 1. The number of non-ortho nitro benzene ring substituents is 1. The molecule has 1 aromatic carbocycles. The molecule has 1 aromatic rings. The number of ketones is 2. The summed E-state index contributed by atoms with van der Waals surface area (Å²) in [5.74, 6) is -1.65. The van der Waals surface area contributed by atoms with E-state index in [0.29, 0.717) is 0 Å². The standard InChI is InChI=1S/C11H7NO5/c1-5(13)9-10(14)7-3-2-6(12(16)17)4-8(7)11(9)15/h2-4,15H,1H3. The maximum atomic E-state index is 11.7. The third kappa shape index (κ3) is 1.50. The molecule has 0 aromatic heterocycles. The Balaban J connectivity index is 2.66. The third-order valence-corrected chi connectivity index (χ3v) is 2.53. The molecule has 0 heterocycles. The van der Waals surface area contributed by atoms with Gasteiger partial charge in [-0.05, 0) is 13.0 Å². The highest BCUT2D eigenvalue weighted by atomic mass is 16.6. The SMILES string of the molecule is CC(=O)C1=C(O)c2cc([N+](=O)[O-])ccc2C1=O. The number of allylic oxidation sites excluding steroid dienone is 1. The number of Topliss-reactive ketones (excluding diaryl/α,β-unsaturated/α-hetero) is 2. The highest BCUT2D eigenvalue weighted by molar-refractivity contribution is 6.33. The highest BCUT2D eigenvalue weighted by Crippen LogP contribution is 2.33. The molecular formula is C11H7NO5. The Morgan fingerprint density at radius 1 is 1.35 bits per heavy atom. The van der Waals surface area contributed by atoms with Gasteiger partial charge in [0.25, 0.3) is 5.69 Å². The number of carbonyl (C=O) groups is 2. The number of hydrogen-bond acceptors (Lipinski definition) is 5. The number of fused-ring (bicyclic) bond motifs is 1. The molecule has 0 saturated carbocycles. The molecule has 0 aliphatic heterocycles. The van der Waals surface area contributed by atoms with E-state index >= 15 is 0 Å². The first-order valence-corrected chi connectivity index (χ1v) is 4.71. The molecule has 0 radical (unpaired) electrons. The molecule has 1 aliphatic carbocycles. The van der Waals surface area contributed by atoms with Crippen LogP contribution in [0, 0.1) is 10.1 Å². The van der Waals surface area contributed by atoms with E-state index in [2.05, 4.69) is 0 Å². The number of rotatable bonds is 2. The van der Waals surface area contributed by atoms with Gasteiger partial charge < -0.3 is 5.11 Å². The maximum Gasteiger partial charge on any atom is 0.270 e. The number of nitro benzene ring substituents is 1. The van der Waals surface area contributed by atoms with Gasteiger partial charge in [0.15, 0.2) is 5.78 Å². The summed E-state index contributed by atoms with van der Waals surface area (Å²) in [5.41, 5.74) is -0.416. The zero-order chi connectivity index (χ0) is 12.7. The van der Waals surface area contributed by atoms with Gasteiger partial charge in [-0.1, -0.05) is 0 Å². The first kappa shape index (κ1) is 11.0. The summed E-state index contributed by atoms with van der Waals surface area (Å²) >= 11 is 0. The molecule has 86 valence electrons. The summed E-state index contributed by atoms with van der Waals surface area (Å²) in [7, 11) is 0. The van der Waals surface area contributed by atoms with Crippen LogP contribution < -0.4 is 0 Å². The molecular weight excluding hydrogens is 226 g/mol. The van der Waals surface area contributed by atoms with Crippen LogP contribution in [0.15, 0.2) is 23.8 Å². The van der Waals surface area contributed by atoms with Crippen molar-refractivity contribution in [3.05, 3.63) is 45.0 Å². The van der Waals surface area contributed by atoms with Crippen molar-refractivity contribution >= 4 is 23.0 Å². The summed E-state index contributed by atoms with van der Waals surface area (Å²) in [4.78, 5) is 32.8. The van der Waals surface area contributed by atoms with Gasteiger partial charge in [0.05, 0.1) is 4.92 Å². The van der Waals surface area contributed by atoms with Crippen molar-refractivity contribution in [1.29, 1.82) is 0 Å². The van der Waals surface area contributed by atoms with Crippen LogP contribution in [0.5, 0.6) is 0 Å². The smallest absolute Gasteiger partial charge is 0.270 e. The van der Waals surface area contributed by atoms with E-state index in [1.807, 2.05) is 0 Å². The molecule has 2 rings (SSSR count).